The number of benzene rings is 1. The molecule has 0 fully saturated rings. The average Bonchev–Trinajstić information content (AvgIpc) is 2.01. The molecule has 3 heteroatoms. The first kappa shape index (κ1) is 7.60. The number of rotatable bonds is 3. The van der Waals surface area contributed by atoms with Crippen molar-refractivity contribution in [2.45, 2.75) is 0 Å². The van der Waals surface area contributed by atoms with Gasteiger partial charge in [-0.3, -0.25) is 4.79 Å². The molecular formula is C8H8NO2. The fourth-order valence-electron chi connectivity index (χ4n) is 0.754. The van der Waals surface area contributed by atoms with Crippen molar-refractivity contribution in [3.8, 4) is 5.75 Å². The van der Waals surface area contributed by atoms with Crippen molar-refractivity contribution in [3.63, 3.8) is 0 Å². The third kappa shape index (κ3) is 2.29. The highest BCUT2D eigenvalue weighted by atomic mass is 16.3. The van der Waals surface area contributed by atoms with Gasteiger partial charge in [-0.05, 0) is 12.1 Å². The summed E-state index contributed by atoms with van der Waals surface area (Å²) in [6, 6.07) is 6.56. The summed E-state index contributed by atoms with van der Waals surface area (Å²) >= 11 is 0. The van der Waals surface area contributed by atoms with Gasteiger partial charge in [-0.25, -0.2) is 0 Å². The van der Waals surface area contributed by atoms with E-state index in [0.29, 0.717) is 5.69 Å². The molecule has 0 saturated heterocycles. The number of aromatic hydroxyl groups is 1. The van der Waals surface area contributed by atoms with Crippen LogP contribution in [0.15, 0.2) is 24.3 Å². The summed E-state index contributed by atoms with van der Waals surface area (Å²) in [6.07, 6.45) is 1.69. The first-order valence-electron chi connectivity index (χ1n) is 3.21. The second-order valence-corrected chi connectivity index (χ2v) is 2.05. The van der Waals surface area contributed by atoms with E-state index in [0.717, 1.165) is 0 Å². The first-order chi connectivity index (χ1) is 5.33. The predicted molar refractivity (Wildman–Crippen MR) is 42.3 cm³/mol. The maximum Gasteiger partial charge on any atom is 0.219 e. The molecule has 0 atom stereocenters. The minimum Gasteiger partial charge on any atom is -0.508 e. The highest BCUT2D eigenvalue weighted by molar-refractivity contribution is 5.60. The average molecular weight is 150 g/mol. The SMILES string of the molecule is O=[C]CNc1cccc(O)c1. The highest BCUT2D eigenvalue weighted by Crippen LogP contribution is 2.14. The molecule has 3 nitrogen and oxygen atoms in total. The van der Waals surface area contributed by atoms with Gasteiger partial charge in [0, 0.05) is 11.8 Å². The largest absolute Gasteiger partial charge is 0.508 e. The molecular weight excluding hydrogens is 142 g/mol. The normalized spacial score (nSPS) is 9.09. The van der Waals surface area contributed by atoms with Crippen LogP contribution in [0.25, 0.3) is 0 Å². The highest BCUT2D eigenvalue weighted by Gasteiger charge is 1.90. The minimum atomic E-state index is 0.142. The Morgan fingerprint density at radius 3 is 3.00 bits per heavy atom. The van der Waals surface area contributed by atoms with Crippen LogP contribution in [-0.2, 0) is 4.79 Å². The molecule has 0 aromatic heterocycles. The molecule has 0 saturated carbocycles. The summed E-state index contributed by atoms with van der Waals surface area (Å²) in [5, 5.41) is 11.7. The first-order valence-corrected chi connectivity index (χ1v) is 3.21. The fourth-order valence-corrected chi connectivity index (χ4v) is 0.754. The van der Waals surface area contributed by atoms with E-state index in [4.69, 9.17) is 5.11 Å². The van der Waals surface area contributed by atoms with E-state index in [2.05, 4.69) is 5.32 Å². The van der Waals surface area contributed by atoms with Gasteiger partial charge < -0.3 is 10.4 Å². The Balaban J connectivity index is 2.63. The minimum absolute atomic E-state index is 0.142. The number of carbonyl (C=O) groups excluding carboxylic acids is 1. The molecule has 1 radical (unpaired) electrons. The van der Waals surface area contributed by atoms with E-state index < -0.39 is 0 Å². The van der Waals surface area contributed by atoms with Gasteiger partial charge in [-0.15, -0.1) is 0 Å². The lowest BCUT2D eigenvalue weighted by Crippen LogP contribution is -2.01. The summed E-state index contributed by atoms with van der Waals surface area (Å²) < 4.78 is 0. The Labute approximate surface area is 64.7 Å². The van der Waals surface area contributed by atoms with Crippen molar-refractivity contribution in [3.05, 3.63) is 24.3 Å². The molecule has 1 aromatic carbocycles. The molecule has 0 aliphatic heterocycles. The van der Waals surface area contributed by atoms with E-state index in [1.165, 1.54) is 6.07 Å². The van der Waals surface area contributed by atoms with Gasteiger partial charge in [0.1, 0.15) is 5.75 Å². The molecule has 0 spiro atoms. The lowest BCUT2D eigenvalue weighted by molar-refractivity contribution is 0.475. The van der Waals surface area contributed by atoms with Crippen LogP contribution in [0.4, 0.5) is 5.69 Å². The van der Waals surface area contributed by atoms with Crippen LogP contribution in [-0.4, -0.2) is 17.9 Å². The number of hydrogen-bond donors (Lipinski definition) is 2. The van der Waals surface area contributed by atoms with Gasteiger partial charge in [0.05, 0.1) is 6.54 Å². The topological polar surface area (TPSA) is 49.3 Å². The maximum absolute atomic E-state index is 9.81. The third-order valence-electron chi connectivity index (χ3n) is 1.21. The molecule has 2 N–H and O–H groups in total. The van der Waals surface area contributed by atoms with Crippen LogP contribution >= 0.6 is 0 Å². The van der Waals surface area contributed by atoms with Crippen molar-refractivity contribution >= 4 is 12.0 Å². The number of nitrogens with one attached hydrogen (secondary N) is 1. The molecule has 0 aliphatic carbocycles. The number of hydrogen-bond acceptors (Lipinski definition) is 3. The number of phenols is 1. The van der Waals surface area contributed by atoms with Gasteiger partial charge in [0.2, 0.25) is 6.29 Å². The van der Waals surface area contributed by atoms with Crippen LogP contribution in [0.5, 0.6) is 5.75 Å². The molecule has 11 heavy (non-hydrogen) atoms. The molecule has 0 bridgehead atoms. The van der Waals surface area contributed by atoms with Gasteiger partial charge in [-0.2, -0.15) is 0 Å². The number of anilines is 1. The van der Waals surface area contributed by atoms with Crippen molar-refractivity contribution < 1.29 is 9.90 Å². The Hall–Kier alpha value is -1.51. The monoisotopic (exact) mass is 150 g/mol. The van der Waals surface area contributed by atoms with Crippen LogP contribution < -0.4 is 5.32 Å². The van der Waals surface area contributed by atoms with E-state index in [-0.39, 0.29) is 12.3 Å². The number of phenolic OH excluding ortho intramolecular Hbond substituents is 1. The lowest BCUT2D eigenvalue weighted by atomic mass is 10.3. The van der Waals surface area contributed by atoms with Gasteiger partial charge in [0.25, 0.3) is 0 Å². The smallest absolute Gasteiger partial charge is 0.219 e. The maximum atomic E-state index is 9.81. The van der Waals surface area contributed by atoms with E-state index in [1.54, 1.807) is 24.5 Å². The van der Waals surface area contributed by atoms with Gasteiger partial charge in [0.15, 0.2) is 0 Å². The van der Waals surface area contributed by atoms with Gasteiger partial charge >= 0.3 is 0 Å². The Kier molecular flexibility index (Phi) is 2.49. The summed E-state index contributed by atoms with van der Waals surface area (Å²) in [5.41, 5.74) is 0.716. The molecule has 1 aromatic rings. The quantitative estimate of drug-likeness (QED) is 0.673. The molecule has 1 rings (SSSR count). The predicted octanol–water partition coefficient (Wildman–Crippen LogP) is 0.914. The molecule has 0 unspecified atom stereocenters. The fraction of sp³-hybridized carbons (Fsp3) is 0.125. The van der Waals surface area contributed by atoms with Crippen molar-refractivity contribution in [2.75, 3.05) is 11.9 Å². The van der Waals surface area contributed by atoms with E-state index in [1.807, 2.05) is 0 Å². The second kappa shape index (κ2) is 3.61. The zero-order valence-corrected chi connectivity index (χ0v) is 5.87. The van der Waals surface area contributed by atoms with Crippen LogP contribution in [0.1, 0.15) is 0 Å². The van der Waals surface area contributed by atoms with Crippen LogP contribution in [0.2, 0.25) is 0 Å². The summed E-state index contributed by atoms with van der Waals surface area (Å²) in [6.45, 7) is 0.142. The zero-order valence-electron chi connectivity index (χ0n) is 5.87. The molecule has 57 valence electrons. The Morgan fingerprint density at radius 1 is 1.55 bits per heavy atom. The summed E-state index contributed by atoms with van der Waals surface area (Å²) in [5.74, 6) is 0.181. The Morgan fingerprint density at radius 2 is 2.36 bits per heavy atom. The summed E-state index contributed by atoms with van der Waals surface area (Å²) in [7, 11) is 0. The Bertz CT molecular complexity index is 248. The molecule has 0 aliphatic rings. The van der Waals surface area contributed by atoms with E-state index >= 15 is 0 Å². The lowest BCUT2D eigenvalue weighted by Gasteiger charge is -2.00. The van der Waals surface area contributed by atoms with E-state index in [9.17, 15) is 4.79 Å². The third-order valence-corrected chi connectivity index (χ3v) is 1.21. The summed E-state index contributed by atoms with van der Waals surface area (Å²) in [4.78, 5) is 9.81. The molecule has 0 amide bonds. The van der Waals surface area contributed by atoms with Crippen LogP contribution in [0, 0.1) is 0 Å². The standard InChI is InChI=1S/C8H8NO2/c10-5-4-9-7-2-1-3-8(11)6-7/h1-3,6,9,11H,4H2. The molecule has 0 heterocycles. The van der Waals surface area contributed by atoms with Crippen molar-refractivity contribution in [2.24, 2.45) is 0 Å². The second-order valence-electron chi connectivity index (χ2n) is 2.05. The van der Waals surface area contributed by atoms with Gasteiger partial charge in [-0.1, -0.05) is 6.07 Å². The van der Waals surface area contributed by atoms with Crippen molar-refractivity contribution in [1.82, 2.24) is 0 Å². The van der Waals surface area contributed by atoms with Crippen molar-refractivity contribution in [1.29, 1.82) is 0 Å². The zero-order chi connectivity index (χ0) is 8.10. The van der Waals surface area contributed by atoms with Crippen LogP contribution in [0.3, 0.4) is 0 Å².